The zero-order valence-corrected chi connectivity index (χ0v) is 10.9. The fourth-order valence-electron chi connectivity index (χ4n) is 2.40. The van der Waals surface area contributed by atoms with E-state index in [-0.39, 0.29) is 5.82 Å². The monoisotopic (exact) mass is 236 g/mol. The van der Waals surface area contributed by atoms with E-state index in [2.05, 4.69) is 23.6 Å². The maximum absolute atomic E-state index is 13.3. The highest BCUT2D eigenvalue weighted by Crippen LogP contribution is 2.22. The Morgan fingerprint density at radius 1 is 1.12 bits per heavy atom. The van der Waals surface area contributed by atoms with Crippen molar-refractivity contribution in [1.82, 2.24) is 4.90 Å². The van der Waals surface area contributed by atoms with Crippen molar-refractivity contribution >= 4 is 5.69 Å². The fraction of sp³-hybridized carbons (Fsp3) is 0.571. The van der Waals surface area contributed by atoms with Crippen LogP contribution in [0.15, 0.2) is 18.2 Å². The number of benzene rings is 1. The van der Waals surface area contributed by atoms with Crippen molar-refractivity contribution in [2.45, 2.75) is 26.8 Å². The molecule has 1 heterocycles. The van der Waals surface area contributed by atoms with Crippen molar-refractivity contribution in [3.63, 3.8) is 0 Å². The van der Waals surface area contributed by atoms with Crippen LogP contribution in [0.3, 0.4) is 0 Å². The Balaban J connectivity index is 2.07. The second-order valence-corrected chi connectivity index (χ2v) is 5.05. The predicted octanol–water partition coefficient (Wildman–Crippen LogP) is 2.66. The number of hydrogen-bond donors (Lipinski definition) is 0. The molecule has 17 heavy (non-hydrogen) atoms. The highest BCUT2D eigenvalue weighted by atomic mass is 19.1. The third-order valence-corrected chi connectivity index (χ3v) is 3.56. The van der Waals surface area contributed by atoms with Crippen LogP contribution in [0.4, 0.5) is 10.1 Å². The Morgan fingerprint density at radius 3 is 2.35 bits per heavy atom. The summed E-state index contributed by atoms with van der Waals surface area (Å²) in [6, 6.07) is 5.65. The van der Waals surface area contributed by atoms with Crippen molar-refractivity contribution in [2.75, 3.05) is 31.1 Å². The first-order chi connectivity index (χ1) is 8.08. The predicted molar refractivity (Wildman–Crippen MR) is 70.1 cm³/mol. The zero-order chi connectivity index (χ0) is 12.4. The van der Waals surface area contributed by atoms with Crippen LogP contribution in [0.1, 0.15) is 19.4 Å². The van der Waals surface area contributed by atoms with Gasteiger partial charge in [-0.2, -0.15) is 0 Å². The number of hydrogen-bond acceptors (Lipinski definition) is 2. The molecule has 0 spiro atoms. The van der Waals surface area contributed by atoms with E-state index in [0.717, 1.165) is 37.4 Å². The van der Waals surface area contributed by atoms with Crippen LogP contribution in [0.2, 0.25) is 0 Å². The fourth-order valence-corrected chi connectivity index (χ4v) is 2.40. The Labute approximate surface area is 103 Å². The summed E-state index contributed by atoms with van der Waals surface area (Å²) >= 11 is 0. The lowest BCUT2D eigenvalue weighted by atomic mass is 10.1. The molecule has 0 unspecified atom stereocenters. The second kappa shape index (κ2) is 5.05. The van der Waals surface area contributed by atoms with E-state index in [0.29, 0.717) is 6.04 Å². The van der Waals surface area contributed by atoms with Crippen LogP contribution in [0.5, 0.6) is 0 Å². The van der Waals surface area contributed by atoms with Crippen LogP contribution in [-0.2, 0) is 0 Å². The van der Waals surface area contributed by atoms with Gasteiger partial charge in [-0.15, -0.1) is 0 Å². The first-order valence-electron chi connectivity index (χ1n) is 6.33. The molecule has 3 heteroatoms. The van der Waals surface area contributed by atoms with Gasteiger partial charge in [0.2, 0.25) is 0 Å². The molecule has 0 amide bonds. The maximum Gasteiger partial charge on any atom is 0.125 e. The summed E-state index contributed by atoms with van der Waals surface area (Å²) in [4.78, 5) is 4.75. The van der Waals surface area contributed by atoms with E-state index in [1.54, 1.807) is 6.07 Å². The molecular formula is C14H21FN2. The summed E-state index contributed by atoms with van der Waals surface area (Å²) in [5.74, 6) is -0.142. The van der Waals surface area contributed by atoms with Gasteiger partial charge in [-0.25, -0.2) is 4.39 Å². The molecule has 0 N–H and O–H groups in total. The SMILES string of the molecule is Cc1ccc(F)cc1N1CCN(C(C)C)CC1. The molecular weight excluding hydrogens is 215 g/mol. The Bertz CT molecular complexity index is 382. The lowest BCUT2D eigenvalue weighted by Gasteiger charge is -2.38. The van der Waals surface area contributed by atoms with Gasteiger partial charge in [-0.1, -0.05) is 6.07 Å². The average Bonchev–Trinajstić information content (AvgIpc) is 2.32. The molecule has 1 saturated heterocycles. The molecule has 0 radical (unpaired) electrons. The Hall–Kier alpha value is -1.09. The molecule has 0 saturated carbocycles. The summed E-state index contributed by atoms with van der Waals surface area (Å²) in [5, 5.41) is 0. The summed E-state index contributed by atoms with van der Waals surface area (Å²) < 4.78 is 13.3. The topological polar surface area (TPSA) is 6.48 Å². The number of piperazine rings is 1. The van der Waals surface area contributed by atoms with Crippen molar-refractivity contribution in [2.24, 2.45) is 0 Å². The van der Waals surface area contributed by atoms with E-state index in [9.17, 15) is 4.39 Å². The van der Waals surface area contributed by atoms with Gasteiger partial charge in [0.15, 0.2) is 0 Å². The largest absolute Gasteiger partial charge is 0.369 e. The van der Waals surface area contributed by atoms with Crippen LogP contribution in [-0.4, -0.2) is 37.1 Å². The number of rotatable bonds is 2. The van der Waals surface area contributed by atoms with Crippen molar-refractivity contribution < 1.29 is 4.39 Å². The molecule has 2 nitrogen and oxygen atoms in total. The standard InChI is InChI=1S/C14H21FN2/c1-11(2)16-6-8-17(9-7-16)14-10-13(15)5-4-12(14)3/h4-5,10-11H,6-9H2,1-3H3. The lowest BCUT2D eigenvalue weighted by Crippen LogP contribution is -2.49. The van der Waals surface area contributed by atoms with Crippen molar-refractivity contribution in [3.8, 4) is 0 Å². The zero-order valence-electron chi connectivity index (χ0n) is 10.9. The first-order valence-corrected chi connectivity index (χ1v) is 6.33. The number of anilines is 1. The third-order valence-electron chi connectivity index (χ3n) is 3.56. The molecule has 1 aliphatic rings. The van der Waals surface area contributed by atoms with Gasteiger partial charge in [-0.05, 0) is 38.5 Å². The minimum atomic E-state index is -0.142. The van der Waals surface area contributed by atoms with Crippen molar-refractivity contribution in [3.05, 3.63) is 29.6 Å². The minimum Gasteiger partial charge on any atom is -0.369 e. The number of aryl methyl sites for hydroxylation is 1. The van der Waals surface area contributed by atoms with Crippen LogP contribution in [0.25, 0.3) is 0 Å². The number of halogens is 1. The quantitative estimate of drug-likeness (QED) is 0.779. The molecule has 0 atom stereocenters. The van der Waals surface area contributed by atoms with Crippen LogP contribution < -0.4 is 4.90 Å². The van der Waals surface area contributed by atoms with Crippen LogP contribution >= 0.6 is 0 Å². The van der Waals surface area contributed by atoms with Gasteiger partial charge >= 0.3 is 0 Å². The van der Waals surface area contributed by atoms with Crippen LogP contribution in [0, 0.1) is 12.7 Å². The van der Waals surface area contributed by atoms with E-state index in [4.69, 9.17) is 0 Å². The summed E-state index contributed by atoms with van der Waals surface area (Å²) in [7, 11) is 0. The van der Waals surface area contributed by atoms with Gasteiger partial charge < -0.3 is 4.90 Å². The molecule has 1 aromatic rings. The van der Waals surface area contributed by atoms with Gasteiger partial charge in [0.05, 0.1) is 0 Å². The molecule has 1 aliphatic heterocycles. The highest BCUT2D eigenvalue weighted by Gasteiger charge is 2.20. The molecule has 2 rings (SSSR count). The van der Waals surface area contributed by atoms with E-state index in [1.807, 2.05) is 13.0 Å². The lowest BCUT2D eigenvalue weighted by molar-refractivity contribution is 0.209. The Morgan fingerprint density at radius 2 is 1.76 bits per heavy atom. The van der Waals surface area contributed by atoms with Gasteiger partial charge in [0.25, 0.3) is 0 Å². The minimum absolute atomic E-state index is 0.142. The van der Waals surface area contributed by atoms with Gasteiger partial charge in [0, 0.05) is 37.9 Å². The molecule has 0 aliphatic carbocycles. The summed E-state index contributed by atoms with van der Waals surface area (Å²) in [6.45, 7) is 10.6. The molecule has 1 aromatic carbocycles. The Kier molecular flexibility index (Phi) is 3.67. The maximum atomic E-state index is 13.3. The first kappa shape index (κ1) is 12.4. The van der Waals surface area contributed by atoms with Gasteiger partial charge in [-0.3, -0.25) is 4.90 Å². The molecule has 94 valence electrons. The van der Waals surface area contributed by atoms with Gasteiger partial charge in [0.1, 0.15) is 5.82 Å². The summed E-state index contributed by atoms with van der Waals surface area (Å²) in [6.07, 6.45) is 0. The van der Waals surface area contributed by atoms with E-state index in [1.165, 1.54) is 6.07 Å². The molecule has 0 bridgehead atoms. The number of nitrogens with zero attached hydrogens (tertiary/aromatic N) is 2. The second-order valence-electron chi connectivity index (χ2n) is 5.05. The smallest absolute Gasteiger partial charge is 0.125 e. The van der Waals surface area contributed by atoms with E-state index >= 15 is 0 Å². The normalized spacial score (nSPS) is 17.8. The van der Waals surface area contributed by atoms with Crippen molar-refractivity contribution in [1.29, 1.82) is 0 Å². The summed E-state index contributed by atoms with van der Waals surface area (Å²) in [5.41, 5.74) is 2.21. The third kappa shape index (κ3) is 2.78. The molecule has 1 fully saturated rings. The average molecular weight is 236 g/mol. The molecule has 0 aromatic heterocycles. The highest BCUT2D eigenvalue weighted by molar-refractivity contribution is 5.53. The van der Waals surface area contributed by atoms with E-state index < -0.39 is 0 Å².